The van der Waals surface area contributed by atoms with E-state index in [0.29, 0.717) is 32.8 Å². The van der Waals surface area contributed by atoms with Gasteiger partial charge in [-0.25, -0.2) is 4.90 Å². The molecule has 172 valence electrons. The van der Waals surface area contributed by atoms with Crippen LogP contribution in [-0.2, 0) is 9.59 Å². The number of halogens is 1. The van der Waals surface area contributed by atoms with Crippen LogP contribution in [0.3, 0.4) is 0 Å². The molecular weight excluding hydrogens is 480 g/mol. The number of thioether (sulfide) groups is 1. The number of hydrogen-bond donors (Lipinski definition) is 1. The number of hydrogen-bond acceptors (Lipinski definition) is 5. The van der Waals surface area contributed by atoms with Crippen molar-refractivity contribution in [1.29, 1.82) is 0 Å². The number of ether oxygens (including phenoxy) is 1. The number of nitrogens with one attached hydrogen (secondary N) is 1. The molecule has 0 atom stereocenters. The van der Waals surface area contributed by atoms with Gasteiger partial charge in [0, 0.05) is 15.6 Å². The van der Waals surface area contributed by atoms with E-state index < -0.39 is 11.8 Å². The fourth-order valence-corrected chi connectivity index (χ4v) is 4.69. The number of carbonyl (C=O) groups is 2. The second-order valence-electron chi connectivity index (χ2n) is 7.61. The van der Waals surface area contributed by atoms with Crippen molar-refractivity contribution in [2.45, 2.75) is 4.90 Å². The summed E-state index contributed by atoms with van der Waals surface area (Å²) in [5.41, 5.74) is 1.28. The van der Waals surface area contributed by atoms with Gasteiger partial charge in [0.15, 0.2) is 0 Å². The van der Waals surface area contributed by atoms with Crippen LogP contribution in [0.4, 0.5) is 11.4 Å². The van der Waals surface area contributed by atoms with Crippen molar-refractivity contribution in [2.24, 2.45) is 0 Å². The number of carbonyl (C=O) groups excluding carboxylic acids is 2. The van der Waals surface area contributed by atoms with Gasteiger partial charge in [0.2, 0.25) is 0 Å². The Morgan fingerprint density at radius 2 is 1.37 bits per heavy atom. The summed E-state index contributed by atoms with van der Waals surface area (Å²) in [7, 11) is 0. The topological polar surface area (TPSA) is 58.6 Å². The Bertz CT molecular complexity index is 1410. The van der Waals surface area contributed by atoms with E-state index in [9.17, 15) is 9.59 Å². The lowest BCUT2D eigenvalue weighted by Gasteiger charge is -2.16. The molecule has 2 amide bonds. The predicted molar refractivity (Wildman–Crippen MR) is 140 cm³/mol. The molecule has 1 N–H and O–H groups in total. The Labute approximate surface area is 212 Å². The number of nitrogens with zero attached hydrogens (tertiary/aromatic N) is 1. The number of rotatable bonds is 7. The first-order valence-electron chi connectivity index (χ1n) is 10.8. The van der Waals surface area contributed by atoms with Crippen LogP contribution in [0.1, 0.15) is 0 Å². The van der Waals surface area contributed by atoms with Crippen LogP contribution in [0.25, 0.3) is 0 Å². The number of amides is 2. The molecule has 35 heavy (non-hydrogen) atoms. The highest BCUT2D eigenvalue weighted by Crippen LogP contribution is 2.38. The number of imide groups is 1. The molecule has 0 saturated carbocycles. The smallest absolute Gasteiger partial charge is 0.283 e. The molecule has 1 aliphatic rings. The van der Waals surface area contributed by atoms with E-state index in [1.807, 2.05) is 60.7 Å². The van der Waals surface area contributed by atoms with Crippen LogP contribution in [0, 0.1) is 0 Å². The standard InChI is InChI=1S/C28H19ClN2O3S/c29-19-8-7-9-20(18-19)30-25-26(35-24-12-5-2-6-13-24)28(33)31(27(25)32)21-14-16-23(17-15-21)34-22-10-3-1-4-11-22/h1-18,30H. The Morgan fingerprint density at radius 1 is 0.714 bits per heavy atom. The highest BCUT2D eigenvalue weighted by atomic mass is 35.5. The summed E-state index contributed by atoms with van der Waals surface area (Å²) >= 11 is 7.37. The van der Waals surface area contributed by atoms with Crippen molar-refractivity contribution < 1.29 is 14.3 Å². The van der Waals surface area contributed by atoms with Crippen molar-refractivity contribution >= 4 is 46.6 Å². The molecule has 0 saturated heterocycles. The minimum Gasteiger partial charge on any atom is -0.457 e. The molecule has 0 radical (unpaired) electrons. The fraction of sp³-hybridized carbons (Fsp3) is 0. The zero-order valence-electron chi connectivity index (χ0n) is 18.4. The van der Waals surface area contributed by atoms with E-state index in [0.717, 1.165) is 4.90 Å². The van der Waals surface area contributed by atoms with Crippen molar-refractivity contribution in [3.8, 4) is 11.5 Å². The molecule has 0 unspecified atom stereocenters. The van der Waals surface area contributed by atoms with Gasteiger partial charge in [-0.15, -0.1) is 0 Å². The first kappa shape index (κ1) is 22.8. The molecule has 0 bridgehead atoms. The van der Waals surface area contributed by atoms with Crippen molar-refractivity contribution in [3.63, 3.8) is 0 Å². The predicted octanol–water partition coefficient (Wildman–Crippen LogP) is 7.12. The monoisotopic (exact) mass is 498 g/mol. The Balaban J connectivity index is 1.44. The molecule has 0 spiro atoms. The molecule has 5 rings (SSSR count). The normalized spacial score (nSPS) is 13.3. The van der Waals surface area contributed by atoms with Gasteiger partial charge < -0.3 is 10.1 Å². The van der Waals surface area contributed by atoms with Crippen LogP contribution in [-0.4, -0.2) is 11.8 Å². The zero-order chi connectivity index (χ0) is 24.2. The second-order valence-corrected chi connectivity index (χ2v) is 9.13. The molecule has 0 fully saturated rings. The minimum atomic E-state index is -0.440. The van der Waals surface area contributed by atoms with E-state index in [1.54, 1.807) is 48.5 Å². The quantitative estimate of drug-likeness (QED) is 0.275. The van der Waals surface area contributed by atoms with Crippen molar-refractivity contribution in [2.75, 3.05) is 10.2 Å². The molecule has 1 aliphatic heterocycles. The SMILES string of the molecule is O=C1C(Nc2cccc(Cl)c2)=C(Sc2ccccc2)C(=O)N1c1ccc(Oc2ccccc2)cc1. The van der Waals surface area contributed by atoms with Gasteiger partial charge in [0.25, 0.3) is 11.8 Å². The van der Waals surface area contributed by atoms with Gasteiger partial charge in [-0.1, -0.05) is 65.8 Å². The zero-order valence-corrected chi connectivity index (χ0v) is 19.9. The molecule has 0 aliphatic carbocycles. The molecule has 1 heterocycles. The van der Waals surface area contributed by atoms with Gasteiger partial charge in [0.1, 0.15) is 22.1 Å². The maximum absolute atomic E-state index is 13.5. The Hall–Kier alpha value is -4.00. The second kappa shape index (κ2) is 10.1. The van der Waals surface area contributed by atoms with Gasteiger partial charge in [-0.05, 0) is 66.7 Å². The summed E-state index contributed by atoms with van der Waals surface area (Å²) in [6, 6.07) is 32.7. The molecule has 4 aromatic rings. The molecule has 7 heteroatoms. The van der Waals surface area contributed by atoms with E-state index >= 15 is 0 Å². The fourth-order valence-electron chi connectivity index (χ4n) is 3.55. The maximum Gasteiger partial charge on any atom is 0.283 e. The molecule has 4 aromatic carbocycles. The van der Waals surface area contributed by atoms with Gasteiger partial charge in [0.05, 0.1) is 5.69 Å². The van der Waals surface area contributed by atoms with Crippen LogP contribution in [0.15, 0.2) is 125 Å². The number of para-hydroxylation sites is 1. The van der Waals surface area contributed by atoms with Crippen LogP contribution >= 0.6 is 23.4 Å². The summed E-state index contributed by atoms with van der Waals surface area (Å²) in [5.74, 6) is 0.461. The third kappa shape index (κ3) is 5.09. The summed E-state index contributed by atoms with van der Waals surface area (Å²) < 4.78 is 5.83. The first-order chi connectivity index (χ1) is 17.1. The van der Waals surface area contributed by atoms with Gasteiger partial charge in [-0.3, -0.25) is 9.59 Å². The van der Waals surface area contributed by atoms with E-state index in [2.05, 4.69) is 5.32 Å². The number of benzene rings is 4. The third-order valence-corrected chi connectivity index (χ3v) is 6.50. The Kier molecular flexibility index (Phi) is 6.57. The van der Waals surface area contributed by atoms with Crippen molar-refractivity contribution in [1.82, 2.24) is 0 Å². The third-order valence-electron chi connectivity index (χ3n) is 5.17. The van der Waals surface area contributed by atoms with Gasteiger partial charge in [-0.2, -0.15) is 0 Å². The highest BCUT2D eigenvalue weighted by molar-refractivity contribution is 8.04. The van der Waals surface area contributed by atoms with E-state index in [4.69, 9.17) is 16.3 Å². The first-order valence-corrected chi connectivity index (χ1v) is 12.0. The average Bonchev–Trinajstić information content (AvgIpc) is 3.10. The number of anilines is 2. The van der Waals surface area contributed by atoms with Gasteiger partial charge >= 0.3 is 0 Å². The summed E-state index contributed by atoms with van der Waals surface area (Å²) in [6.45, 7) is 0. The van der Waals surface area contributed by atoms with E-state index in [-0.39, 0.29) is 5.70 Å². The summed E-state index contributed by atoms with van der Waals surface area (Å²) in [6.07, 6.45) is 0. The largest absolute Gasteiger partial charge is 0.457 e. The van der Waals surface area contributed by atoms with Crippen LogP contribution in [0.2, 0.25) is 5.02 Å². The summed E-state index contributed by atoms with van der Waals surface area (Å²) in [5, 5.41) is 3.64. The lowest BCUT2D eigenvalue weighted by molar-refractivity contribution is -0.120. The minimum absolute atomic E-state index is 0.204. The molecular formula is C28H19ClN2O3S. The van der Waals surface area contributed by atoms with Crippen LogP contribution in [0.5, 0.6) is 11.5 Å². The van der Waals surface area contributed by atoms with Crippen LogP contribution < -0.4 is 15.0 Å². The lowest BCUT2D eigenvalue weighted by atomic mass is 10.2. The summed E-state index contributed by atoms with van der Waals surface area (Å²) in [4.78, 5) is 29.3. The molecule has 0 aromatic heterocycles. The lowest BCUT2D eigenvalue weighted by Crippen LogP contribution is -2.32. The van der Waals surface area contributed by atoms with E-state index in [1.165, 1.54) is 16.7 Å². The molecule has 5 nitrogen and oxygen atoms in total. The van der Waals surface area contributed by atoms with Crippen molar-refractivity contribution in [3.05, 3.63) is 125 Å². The highest BCUT2D eigenvalue weighted by Gasteiger charge is 2.40. The average molecular weight is 499 g/mol. The maximum atomic E-state index is 13.5. The Morgan fingerprint density at radius 3 is 2.06 bits per heavy atom.